The van der Waals surface area contributed by atoms with Crippen LogP contribution in [0.1, 0.15) is 35.3 Å². The zero-order chi connectivity index (χ0) is 17.5. The molecule has 6 heteroatoms. The summed E-state index contributed by atoms with van der Waals surface area (Å²) in [5.74, 6) is -0.199. The summed E-state index contributed by atoms with van der Waals surface area (Å²) in [6, 6.07) is 14.1. The van der Waals surface area contributed by atoms with E-state index in [-0.39, 0.29) is 18.6 Å². The van der Waals surface area contributed by atoms with Crippen molar-refractivity contribution in [2.75, 3.05) is 6.61 Å². The Labute approximate surface area is 149 Å². The van der Waals surface area contributed by atoms with Gasteiger partial charge in [-0.15, -0.1) is 0 Å². The summed E-state index contributed by atoms with van der Waals surface area (Å²) in [5, 5.41) is 2.95. The van der Waals surface area contributed by atoms with Gasteiger partial charge >= 0.3 is 0 Å². The lowest BCUT2D eigenvalue weighted by Gasteiger charge is -2.18. The number of hydrogen-bond donors (Lipinski definition) is 2. The molecule has 0 radical (unpaired) electrons. The van der Waals surface area contributed by atoms with Gasteiger partial charge in [0.15, 0.2) is 6.61 Å². The van der Waals surface area contributed by atoms with Gasteiger partial charge in [0.2, 0.25) is 5.91 Å². The SMILES string of the molecule is CC[C@@H](NC(=O)COc1ccc(C(N)=O)cc1)c1ccc(Br)cc1. The van der Waals surface area contributed by atoms with E-state index in [1.807, 2.05) is 31.2 Å². The van der Waals surface area contributed by atoms with Crippen LogP contribution in [-0.4, -0.2) is 18.4 Å². The molecule has 0 aliphatic carbocycles. The van der Waals surface area contributed by atoms with Crippen molar-refractivity contribution < 1.29 is 14.3 Å². The van der Waals surface area contributed by atoms with E-state index in [1.54, 1.807) is 24.3 Å². The highest BCUT2D eigenvalue weighted by molar-refractivity contribution is 9.10. The maximum absolute atomic E-state index is 12.1. The van der Waals surface area contributed by atoms with Gasteiger partial charge in [-0.2, -0.15) is 0 Å². The van der Waals surface area contributed by atoms with E-state index >= 15 is 0 Å². The molecule has 0 heterocycles. The zero-order valence-electron chi connectivity index (χ0n) is 13.3. The lowest BCUT2D eigenvalue weighted by atomic mass is 10.0. The molecular formula is C18H19BrN2O3. The Morgan fingerprint density at radius 1 is 1.12 bits per heavy atom. The molecule has 0 fully saturated rings. The van der Waals surface area contributed by atoms with E-state index in [2.05, 4.69) is 21.2 Å². The number of carbonyl (C=O) groups excluding carboxylic acids is 2. The number of ether oxygens (including phenoxy) is 1. The summed E-state index contributed by atoms with van der Waals surface area (Å²) >= 11 is 3.40. The van der Waals surface area contributed by atoms with Gasteiger partial charge in [-0.1, -0.05) is 35.0 Å². The van der Waals surface area contributed by atoms with Gasteiger partial charge in [0.1, 0.15) is 5.75 Å². The molecule has 5 nitrogen and oxygen atoms in total. The molecule has 0 spiro atoms. The molecule has 0 aliphatic heterocycles. The second-order valence-corrected chi connectivity index (χ2v) is 6.17. The number of nitrogens with one attached hydrogen (secondary N) is 1. The van der Waals surface area contributed by atoms with Crippen molar-refractivity contribution in [3.8, 4) is 5.75 Å². The van der Waals surface area contributed by atoms with Gasteiger partial charge in [-0.05, 0) is 48.4 Å². The summed E-state index contributed by atoms with van der Waals surface area (Å²) in [4.78, 5) is 23.1. The van der Waals surface area contributed by atoms with Gasteiger partial charge in [-0.25, -0.2) is 0 Å². The summed E-state index contributed by atoms with van der Waals surface area (Å²) in [6.45, 7) is 1.92. The second kappa shape index (κ2) is 8.49. The zero-order valence-corrected chi connectivity index (χ0v) is 14.9. The molecule has 2 aromatic rings. The Bertz CT molecular complexity index is 699. The number of halogens is 1. The number of carbonyl (C=O) groups is 2. The first kappa shape index (κ1) is 18.0. The highest BCUT2D eigenvalue weighted by Gasteiger charge is 2.13. The van der Waals surface area contributed by atoms with Crippen molar-refractivity contribution in [1.29, 1.82) is 0 Å². The number of primary amides is 1. The molecule has 0 bridgehead atoms. The third kappa shape index (κ3) is 5.09. The Morgan fingerprint density at radius 2 is 1.75 bits per heavy atom. The Balaban J connectivity index is 1.89. The van der Waals surface area contributed by atoms with Gasteiger partial charge in [0.25, 0.3) is 5.91 Å². The Hall–Kier alpha value is -2.34. The third-order valence-corrected chi connectivity index (χ3v) is 4.05. The van der Waals surface area contributed by atoms with Gasteiger partial charge in [0.05, 0.1) is 6.04 Å². The lowest BCUT2D eigenvalue weighted by molar-refractivity contribution is -0.123. The molecule has 0 aromatic heterocycles. The minimum absolute atomic E-state index is 0.0635. The van der Waals surface area contributed by atoms with E-state index in [0.717, 1.165) is 16.5 Å². The Kier molecular flexibility index (Phi) is 6.37. The summed E-state index contributed by atoms with van der Waals surface area (Å²) in [5.41, 5.74) is 6.61. The minimum Gasteiger partial charge on any atom is -0.484 e. The van der Waals surface area contributed by atoms with Crippen molar-refractivity contribution in [3.05, 3.63) is 64.1 Å². The quantitative estimate of drug-likeness (QED) is 0.761. The molecule has 2 rings (SSSR count). The van der Waals surface area contributed by atoms with Crippen LogP contribution in [0.3, 0.4) is 0 Å². The summed E-state index contributed by atoms with van der Waals surface area (Å²) in [7, 11) is 0. The molecule has 0 saturated heterocycles. The van der Waals surface area contributed by atoms with E-state index in [1.165, 1.54) is 0 Å². The van der Waals surface area contributed by atoms with Crippen LogP contribution in [0.15, 0.2) is 53.0 Å². The van der Waals surface area contributed by atoms with Crippen LogP contribution < -0.4 is 15.8 Å². The molecule has 126 valence electrons. The largest absolute Gasteiger partial charge is 0.484 e. The fourth-order valence-electron chi connectivity index (χ4n) is 2.22. The van der Waals surface area contributed by atoms with Crippen molar-refractivity contribution in [2.24, 2.45) is 5.73 Å². The topological polar surface area (TPSA) is 81.4 Å². The van der Waals surface area contributed by atoms with Crippen LogP contribution in [-0.2, 0) is 4.79 Å². The predicted molar refractivity (Wildman–Crippen MR) is 95.8 cm³/mol. The van der Waals surface area contributed by atoms with Crippen molar-refractivity contribution >= 4 is 27.7 Å². The molecule has 2 aromatic carbocycles. The van der Waals surface area contributed by atoms with Crippen LogP contribution in [0.2, 0.25) is 0 Å². The molecule has 2 amide bonds. The molecule has 0 aliphatic rings. The first-order valence-electron chi connectivity index (χ1n) is 7.57. The maximum Gasteiger partial charge on any atom is 0.258 e. The fraction of sp³-hybridized carbons (Fsp3) is 0.222. The number of nitrogens with two attached hydrogens (primary N) is 1. The van der Waals surface area contributed by atoms with Gasteiger partial charge in [-0.3, -0.25) is 9.59 Å². The van der Waals surface area contributed by atoms with Crippen LogP contribution in [0, 0.1) is 0 Å². The molecular weight excluding hydrogens is 372 g/mol. The van der Waals surface area contributed by atoms with E-state index < -0.39 is 5.91 Å². The fourth-order valence-corrected chi connectivity index (χ4v) is 2.48. The maximum atomic E-state index is 12.1. The normalized spacial score (nSPS) is 11.6. The Morgan fingerprint density at radius 3 is 2.29 bits per heavy atom. The van der Waals surface area contributed by atoms with E-state index in [9.17, 15) is 9.59 Å². The molecule has 1 atom stereocenters. The number of amides is 2. The smallest absolute Gasteiger partial charge is 0.258 e. The van der Waals surface area contributed by atoms with Crippen LogP contribution in [0.25, 0.3) is 0 Å². The first-order chi connectivity index (χ1) is 11.5. The van der Waals surface area contributed by atoms with E-state index in [0.29, 0.717) is 11.3 Å². The van der Waals surface area contributed by atoms with Crippen LogP contribution >= 0.6 is 15.9 Å². The van der Waals surface area contributed by atoms with Crippen LogP contribution in [0.5, 0.6) is 5.75 Å². The summed E-state index contributed by atoms with van der Waals surface area (Å²) < 4.78 is 6.43. The monoisotopic (exact) mass is 390 g/mol. The van der Waals surface area contributed by atoms with Gasteiger partial charge in [0, 0.05) is 10.0 Å². The summed E-state index contributed by atoms with van der Waals surface area (Å²) in [6.07, 6.45) is 0.778. The van der Waals surface area contributed by atoms with Gasteiger partial charge < -0.3 is 15.8 Å². The minimum atomic E-state index is -0.500. The molecule has 0 unspecified atom stereocenters. The molecule has 24 heavy (non-hydrogen) atoms. The van der Waals surface area contributed by atoms with Crippen molar-refractivity contribution in [1.82, 2.24) is 5.32 Å². The lowest BCUT2D eigenvalue weighted by Crippen LogP contribution is -2.32. The number of hydrogen-bond acceptors (Lipinski definition) is 3. The number of rotatable bonds is 7. The third-order valence-electron chi connectivity index (χ3n) is 3.52. The predicted octanol–water partition coefficient (Wildman–Crippen LogP) is 3.19. The van der Waals surface area contributed by atoms with E-state index in [4.69, 9.17) is 10.5 Å². The second-order valence-electron chi connectivity index (χ2n) is 5.26. The van der Waals surface area contributed by atoms with Crippen molar-refractivity contribution in [3.63, 3.8) is 0 Å². The number of benzene rings is 2. The standard InChI is InChI=1S/C18H19BrN2O3/c1-2-16(12-3-7-14(19)8-4-12)21-17(22)11-24-15-9-5-13(6-10-15)18(20)23/h3-10,16H,2,11H2,1H3,(H2,20,23)(H,21,22)/t16-/m1/s1. The highest BCUT2D eigenvalue weighted by atomic mass is 79.9. The van der Waals surface area contributed by atoms with Crippen LogP contribution in [0.4, 0.5) is 0 Å². The molecule has 3 N–H and O–H groups in total. The van der Waals surface area contributed by atoms with Crippen molar-refractivity contribution in [2.45, 2.75) is 19.4 Å². The average molecular weight is 391 g/mol. The first-order valence-corrected chi connectivity index (χ1v) is 8.36. The molecule has 0 saturated carbocycles. The highest BCUT2D eigenvalue weighted by Crippen LogP contribution is 2.19. The average Bonchev–Trinajstić information content (AvgIpc) is 2.59.